The fourth-order valence-corrected chi connectivity index (χ4v) is 1.95. The van der Waals surface area contributed by atoms with Crippen LogP contribution < -0.4 is 9.47 Å². The van der Waals surface area contributed by atoms with Gasteiger partial charge >= 0.3 is 0 Å². The minimum Gasteiger partial charge on any atom is -0.493 e. The molecule has 2 rings (SSSR count). The Morgan fingerprint density at radius 2 is 1.48 bits per heavy atom. The fourth-order valence-electron chi connectivity index (χ4n) is 1.95. The molecule has 0 aliphatic carbocycles. The van der Waals surface area contributed by atoms with Gasteiger partial charge in [-0.2, -0.15) is 0 Å². The molecule has 112 valence electrons. The highest BCUT2D eigenvalue weighted by atomic mass is 16.5. The molecule has 0 aromatic heterocycles. The van der Waals surface area contributed by atoms with Crippen molar-refractivity contribution >= 4 is 0 Å². The highest BCUT2D eigenvalue weighted by molar-refractivity contribution is 5.37. The molecule has 0 fully saturated rings. The quantitative estimate of drug-likeness (QED) is 0.683. The lowest BCUT2D eigenvalue weighted by Crippen LogP contribution is -2.04. The summed E-state index contributed by atoms with van der Waals surface area (Å²) < 4.78 is 11.6. The average Bonchev–Trinajstić information content (AvgIpc) is 2.46. The molecule has 0 aliphatic heterocycles. The minimum atomic E-state index is 0.512. The van der Waals surface area contributed by atoms with Crippen LogP contribution in [0.4, 0.5) is 0 Å². The van der Waals surface area contributed by atoms with Crippen LogP contribution in [0.1, 0.15) is 39.2 Å². The highest BCUT2D eigenvalue weighted by Crippen LogP contribution is 2.26. The van der Waals surface area contributed by atoms with Crippen molar-refractivity contribution in [1.82, 2.24) is 0 Å². The summed E-state index contributed by atoms with van der Waals surface area (Å²) in [6.07, 6.45) is 0. The van der Waals surface area contributed by atoms with E-state index in [1.807, 2.05) is 36.4 Å². The maximum absolute atomic E-state index is 5.88. The molecule has 0 N–H and O–H groups in total. The van der Waals surface area contributed by atoms with Gasteiger partial charge in [0.25, 0.3) is 0 Å². The van der Waals surface area contributed by atoms with Crippen molar-refractivity contribution < 1.29 is 9.47 Å². The van der Waals surface area contributed by atoms with Crippen molar-refractivity contribution in [1.29, 1.82) is 0 Å². The van der Waals surface area contributed by atoms with Gasteiger partial charge in [0.05, 0.1) is 6.61 Å². The van der Waals surface area contributed by atoms with E-state index in [0.29, 0.717) is 18.4 Å². The van der Waals surface area contributed by atoms with E-state index in [4.69, 9.17) is 9.47 Å². The maximum atomic E-state index is 5.88. The Morgan fingerprint density at radius 3 is 2.10 bits per heavy atom. The van der Waals surface area contributed by atoms with Crippen molar-refractivity contribution in [2.24, 2.45) is 5.92 Å². The zero-order valence-corrected chi connectivity index (χ0v) is 13.3. The van der Waals surface area contributed by atoms with Crippen molar-refractivity contribution in [3.63, 3.8) is 0 Å². The van der Waals surface area contributed by atoms with Gasteiger partial charge in [-0.1, -0.05) is 45.9 Å². The van der Waals surface area contributed by atoms with E-state index in [-0.39, 0.29) is 0 Å². The third kappa shape index (κ3) is 4.82. The maximum Gasteiger partial charge on any atom is 0.131 e. The van der Waals surface area contributed by atoms with E-state index in [1.54, 1.807) is 0 Å². The first-order chi connectivity index (χ1) is 10.0. The molecule has 0 spiro atoms. The summed E-state index contributed by atoms with van der Waals surface area (Å²) >= 11 is 0. The first-order valence-corrected chi connectivity index (χ1v) is 7.55. The second kappa shape index (κ2) is 7.16. The van der Waals surface area contributed by atoms with Crippen molar-refractivity contribution in [2.45, 2.75) is 33.6 Å². The van der Waals surface area contributed by atoms with Crippen LogP contribution in [-0.2, 0) is 0 Å². The average molecular weight is 284 g/mol. The molecule has 2 aromatic rings. The van der Waals surface area contributed by atoms with Gasteiger partial charge in [-0.05, 0) is 41.7 Å². The van der Waals surface area contributed by atoms with Gasteiger partial charge in [-0.15, -0.1) is 0 Å². The Morgan fingerprint density at radius 1 is 0.810 bits per heavy atom. The van der Waals surface area contributed by atoms with Crippen LogP contribution in [0.25, 0.3) is 0 Å². The largest absolute Gasteiger partial charge is 0.493 e. The molecule has 0 saturated heterocycles. The lowest BCUT2D eigenvalue weighted by atomic mass is 10.0. The van der Waals surface area contributed by atoms with Crippen LogP contribution in [0.5, 0.6) is 17.2 Å². The van der Waals surface area contributed by atoms with E-state index in [0.717, 1.165) is 17.2 Å². The molecule has 21 heavy (non-hydrogen) atoms. The van der Waals surface area contributed by atoms with Crippen molar-refractivity contribution in [2.75, 3.05) is 6.61 Å². The summed E-state index contributed by atoms with van der Waals surface area (Å²) in [5.74, 6) is 3.54. The van der Waals surface area contributed by atoms with Crippen LogP contribution in [-0.4, -0.2) is 6.61 Å². The van der Waals surface area contributed by atoms with Gasteiger partial charge < -0.3 is 9.47 Å². The standard InChI is InChI=1S/C19H24O2/c1-14(2)13-20-18-6-5-7-19(12-18)21-17-10-8-16(9-11-17)15(3)4/h5-12,14-15H,13H2,1-4H3. The molecule has 0 atom stereocenters. The second-order valence-corrected chi connectivity index (χ2v) is 6.01. The summed E-state index contributed by atoms with van der Waals surface area (Å²) in [5.41, 5.74) is 1.32. The summed E-state index contributed by atoms with van der Waals surface area (Å²) in [6.45, 7) is 9.36. The third-order valence-corrected chi connectivity index (χ3v) is 3.17. The number of ether oxygens (including phenoxy) is 2. The SMILES string of the molecule is CC(C)COc1cccc(Oc2ccc(C(C)C)cc2)c1. The number of hydrogen-bond donors (Lipinski definition) is 0. The molecular weight excluding hydrogens is 260 g/mol. The Labute approximate surface area is 127 Å². The molecule has 0 unspecified atom stereocenters. The number of benzene rings is 2. The lowest BCUT2D eigenvalue weighted by molar-refractivity contribution is 0.270. The Bertz CT molecular complexity index is 556. The van der Waals surface area contributed by atoms with Crippen LogP contribution in [0.3, 0.4) is 0 Å². The van der Waals surface area contributed by atoms with Crippen molar-refractivity contribution in [3.8, 4) is 17.2 Å². The van der Waals surface area contributed by atoms with Crippen LogP contribution in [0.2, 0.25) is 0 Å². The van der Waals surface area contributed by atoms with E-state index < -0.39 is 0 Å². The number of hydrogen-bond acceptors (Lipinski definition) is 2. The molecule has 0 aliphatic rings. The molecular formula is C19H24O2. The first-order valence-electron chi connectivity index (χ1n) is 7.55. The van der Waals surface area contributed by atoms with E-state index >= 15 is 0 Å². The molecule has 0 radical (unpaired) electrons. The second-order valence-electron chi connectivity index (χ2n) is 6.01. The first kappa shape index (κ1) is 15.4. The van der Waals surface area contributed by atoms with Crippen LogP contribution in [0, 0.1) is 5.92 Å². The number of rotatable bonds is 6. The monoisotopic (exact) mass is 284 g/mol. The molecule has 0 amide bonds. The topological polar surface area (TPSA) is 18.5 Å². The normalized spacial score (nSPS) is 11.0. The van der Waals surface area contributed by atoms with Gasteiger partial charge in [0.15, 0.2) is 0 Å². The molecule has 0 heterocycles. The smallest absolute Gasteiger partial charge is 0.131 e. The summed E-state index contributed by atoms with van der Waals surface area (Å²) in [7, 11) is 0. The Balaban J connectivity index is 2.03. The minimum absolute atomic E-state index is 0.512. The summed E-state index contributed by atoms with van der Waals surface area (Å²) in [6, 6.07) is 16.0. The molecule has 0 bridgehead atoms. The van der Waals surface area contributed by atoms with Crippen molar-refractivity contribution in [3.05, 3.63) is 54.1 Å². The van der Waals surface area contributed by atoms with Crippen LogP contribution >= 0.6 is 0 Å². The molecule has 2 heteroatoms. The zero-order valence-electron chi connectivity index (χ0n) is 13.3. The predicted molar refractivity (Wildman–Crippen MR) is 87.4 cm³/mol. The van der Waals surface area contributed by atoms with Gasteiger partial charge in [-0.3, -0.25) is 0 Å². The fraction of sp³-hybridized carbons (Fsp3) is 0.368. The van der Waals surface area contributed by atoms with Gasteiger partial charge in [0.1, 0.15) is 17.2 Å². The molecule has 2 nitrogen and oxygen atoms in total. The molecule has 2 aromatic carbocycles. The van der Waals surface area contributed by atoms with Gasteiger partial charge in [-0.25, -0.2) is 0 Å². The predicted octanol–water partition coefficient (Wildman–Crippen LogP) is 5.64. The highest BCUT2D eigenvalue weighted by Gasteiger charge is 2.03. The summed E-state index contributed by atoms with van der Waals surface area (Å²) in [5, 5.41) is 0. The lowest BCUT2D eigenvalue weighted by Gasteiger charge is -2.11. The van der Waals surface area contributed by atoms with E-state index in [9.17, 15) is 0 Å². The van der Waals surface area contributed by atoms with Crippen LogP contribution in [0.15, 0.2) is 48.5 Å². The van der Waals surface area contributed by atoms with E-state index in [2.05, 4.69) is 39.8 Å². The molecule has 0 saturated carbocycles. The van der Waals surface area contributed by atoms with Gasteiger partial charge in [0, 0.05) is 6.07 Å². The Hall–Kier alpha value is -1.96. The summed E-state index contributed by atoms with van der Waals surface area (Å²) in [4.78, 5) is 0. The van der Waals surface area contributed by atoms with Gasteiger partial charge in [0.2, 0.25) is 0 Å². The zero-order chi connectivity index (χ0) is 15.2. The van der Waals surface area contributed by atoms with E-state index in [1.165, 1.54) is 5.56 Å². The third-order valence-electron chi connectivity index (χ3n) is 3.17. The Kier molecular flexibility index (Phi) is 5.26.